The molecule has 0 saturated carbocycles. The van der Waals surface area contributed by atoms with E-state index < -0.39 is 0 Å². The molecular formula is C19H23ClN2O2. The third kappa shape index (κ3) is 5.25. The fourth-order valence-electron chi connectivity index (χ4n) is 2.67. The standard InChI is InChI=1S/C19H22N2O2.ClH/c22-19(18-7-4-12-20-18)21-13-15-8-10-17(11-9-15)23-14-16-5-2-1-3-6-16;/h1-3,5-6,8-11,18,20H,4,7,12-14H2,(H,21,22);1H/t18-;/m0./s1. The third-order valence-corrected chi connectivity index (χ3v) is 4.02. The van der Waals surface area contributed by atoms with E-state index in [0.29, 0.717) is 13.2 Å². The van der Waals surface area contributed by atoms with Crippen LogP contribution in [-0.2, 0) is 17.9 Å². The van der Waals surface area contributed by atoms with Crippen molar-refractivity contribution >= 4 is 18.3 Å². The molecule has 1 atom stereocenters. The molecule has 1 aliphatic rings. The van der Waals surface area contributed by atoms with E-state index in [4.69, 9.17) is 4.74 Å². The number of hydrogen-bond acceptors (Lipinski definition) is 3. The Morgan fingerprint density at radius 2 is 1.83 bits per heavy atom. The smallest absolute Gasteiger partial charge is 0.237 e. The molecule has 128 valence electrons. The highest BCUT2D eigenvalue weighted by Gasteiger charge is 2.21. The summed E-state index contributed by atoms with van der Waals surface area (Å²) in [4.78, 5) is 11.9. The summed E-state index contributed by atoms with van der Waals surface area (Å²) in [7, 11) is 0. The van der Waals surface area contributed by atoms with Gasteiger partial charge in [-0.2, -0.15) is 0 Å². The van der Waals surface area contributed by atoms with E-state index in [1.54, 1.807) is 0 Å². The lowest BCUT2D eigenvalue weighted by Gasteiger charge is -2.11. The maximum atomic E-state index is 11.9. The summed E-state index contributed by atoms with van der Waals surface area (Å²) in [6, 6.07) is 17.9. The molecule has 1 heterocycles. The van der Waals surface area contributed by atoms with Crippen molar-refractivity contribution in [3.63, 3.8) is 0 Å². The topological polar surface area (TPSA) is 50.4 Å². The highest BCUT2D eigenvalue weighted by Crippen LogP contribution is 2.14. The van der Waals surface area contributed by atoms with E-state index in [2.05, 4.69) is 10.6 Å². The van der Waals surface area contributed by atoms with Crippen LogP contribution in [0.1, 0.15) is 24.0 Å². The first-order valence-electron chi connectivity index (χ1n) is 8.08. The molecule has 2 N–H and O–H groups in total. The third-order valence-electron chi connectivity index (χ3n) is 4.02. The largest absolute Gasteiger partial charge is 0.489 e. The van der Waals surface area contributed by atoms with Gasteiger partial charge in [0.25, 0.3) is 0 Å². The molecule has 0 radical (unpaired) electrons. The van der Waals surface area contributed by atoms with Crippen molar-refractivity contribution in [1.29, 1.82) is 0 Å². The molecule has 2 aromatic rings. The van der Waals surface area contributed by atoms with Crippen LogP contribution in [0.4, 0.5) is 0 Å². The van der Waals surface area contributed by atoms with E-state index in [9.17, 15) is 4.79 Å². The van der Waals surface area contributed by atoms with Crippen molar-refractivity contribution in [3.8, 4) is 5.75 Å². The molecule has 4 nitrogen and oxygen atoms in total. The molecule has 1 fully saturated rings. The Kier molecular flexibility index (Phi) is 7.09. The Morgan fingerprint density at radius 1 is 1.08 bits per heavy atom. The summed E-state index contributed by atoms with van der Waals surface area (Å²) < 4.78 is 5.76. The van der Waals surface area contributed by atoms with Crippen molar-refractivity contribution in [2.24, 2.45) is 0 Å². The zero-order valence-electron chi connectivity index (χ0n) is 13.5. The number of ether oxygens (including phenoxy) is 1. The minimum absolute atomic E-state index is 0. The molecule has 24 heavy (non-hydrogen) atoms. The van der Waals surface area contributed by atoms with Gasteiger partial charge in [0.05, 0.1) is 6.04 Å². The molecule has 2 aromatic carbocycles. The van der Waals surface area contributed by atoms with Gasteiger partial charge < -0.3 is 15.4 Å². The number of benzene rings is 2. The van der Waals surface area contributed by atoms with Gasteiger partial charge in [0.2, 0.25) is 5.91 Å². The van der Waals surface area contributed by atoms with E-state index in [1.165, 1.54) is 0 Å². The van der Waals surface area contributed by atoms with Crippen LogP contribution in [0.2, 0.25) is 0 Å². The first-order chi connectivity index (χ1) is 11.3. The van der Waals surface area contributed by atoms with Crippen molar-refractivity contribution in [1.82, 2.24) is 10.6 Å². The van der Waals surface area contributed by atoms with Crippen LogP contribution in [0, 0.1) is 0 Å². The van der Waals surface area contributed by atoms with Crippen molar-refractivity contribution in [3.05, 3.63) is 65.7 Å². The second kappa shape index (κ2) is 9.30. The minimum Gasteiger partial charge on any atom is -0.489 e. The maximum Gasteiger partial charge on any atom is 0.237 e. The van der Waals surface area contributed by atoms with Crippen LogP contribution < -0.4 is 15.4 Å². The summed E-state index contributed by atoms with van der Waals surface area (Å²) in [6.45, 7) is 2.05. The number of nitrogens with one attached hydrogen (secondary N) is 2. The number of carbonyl (C=O) groups is 1. The van der Waals surface area contributed by atoms with Crippen molar-refractivity contribution in [2.75, 3.05) is 6.54 Å². The van der Waals surface area contributed by atoms with Gasteiger partial charge >= 0.3 is 0 Å². The molecule has 1 amide bonds. The summed E-state index contributed by atoms with van der Waals surface area (Å²) in [5.74, 6) is 0.924. The predicted octanol–water partition coefficient (Wildman–Crippen LogP) is 3.06. The first kappa shape index (κ1) is 18.3. The summed E-state index contributed by atoms with van der Waals surface area (Å²) in [5, 5.41) is 6.18. The second-order valence-electron chi connectivity index (χ2n) is 5.78. The lowest BCUT2D eigenvalue weighted by Crippen LogP contribution is -2.39. The van der Waals surface area contributed by atoms with Gasteiger partial charge in [0.1, 0.15) is 12.4 Å². The molecule has 5 heteroatoms. The molecule has 0 bridgehead atoms. The Hall–Kier alpha value is -2.04. The fourth-order valence-corrected chi connectivity index (χ4v) is 2.67. The van der Waals surface area contributed by atoms with Gasteiger partial charge in [-0.05, 0) is 42.6 Å². The molecule has 1 saturated heterocycles. The van der Waals surface area contributed by atoms with Gasteiger partial charge in [0.15, 0.2) is 0 Å². The summed E-state index contributed by atoms with van der Waals surface area (Å²) >= 11 is 0. The molecule has 0 aliphatic carbocycles. The summed E-state index contributed by atoms with van der Waals surface area (Å²) in [6.07, 6.45) is 2.00. The molecule has 0 aromatic heterocycles. The summed E-state index contributed by atoms with van der Waals surface area (Å²) in [5.41, 5.74) is 2.22. The Labute approximate surface area is 149 Å². The van der Waals surface area contributed by atoms with E-state index >= 15 is 0 Å². The molecular weight excluding hydrogens is 324 g/mol. The van der Waals surface area contributed by atoms with E-state index in [0.717, 1.165) is 36.3 Å². The predicted molar refractivity (Wildman–Crippen MR) is 97.3 cm³/mol. The molecule has 3 rings (SSSR count). The normalized spacial score (nSPS) is 16.2. The Morgan fingerprint density at radius 3 is 2.50 bits per heavy atom. The SMILES string of the molecule is Cl.O=C(NCc1ccc(OCc2ccccc2)cc1)[C@@H]1CCCN1. The van der Waals surface area contributed by atoms with Crippen LogP contribution in [0.25, 0.3) is 0 Å². The van der Waals surface area contributed by atoms with Gasteiger partial charge in [-0.15, -0.1) is 12.4 Å². The lowest BCUT2D eigenvalue weighted by molar-refractivity contribution is -0.122. The average molecular weight is 347 g/mol. The van der Waals surface area contributed by atoms with Gasteiger partial charge in [0, 0.05) is 6.54 Å². The number of carbonyl (C=O) groups excluding carboxylic acids is 1. The lowest BCUT2D eigenvalue weighted by atomic mass is 10.2. The number of hydrogen-bond donors (Lipinski definition) is 2. The van der Waals surface area contributed by atoms with E-state index in [-0.39, 0.29) is 24.4 Å². The van der Waals surface area contributed by atoms with Gasteiger partial charge in [-0.3, -0.25) is 4.79 Å². The number of amides is 1. The molecule has 0 unspecified atom stereocenters. The van der Waals surface area contributed by atoms with Crippen LogP contribution in [0.5, 0.6) is 5.75 Å². The Bertz CT molecular complexity index is 626. The highest BCUT2D eigenvalue weighted by atomic mass is 35.5. The van der Waals surface area contributed by atoms with Crippen molar-refractivity contribution in [2.45, 2.75) is 32.0 Å². The molecule has 1 aliphatic heterocycles. The minimum atomic E-state index is -0.0246. The highest BCUT2D eigenvalue weighted by molar-refractivity contribution is 5.85. The maximum absolute atomic E-state index is 11.9. The second-order valence-corrected chi connectivity index (χ2v) is 5.78. The van der Waals surface area contributed by atoms with Crippen LogP contribution in [-0.4, -0.2) is 18.5 Å². The van der Waals surface area contributed by atoms with Crippen LogP contribution in [0.15, 0.2) is 54.6 Å². The average Bonchev–Trinajstić information content (AvgIpc) is 3.14. The zero-order chi connectivity index (χ0) is 15.9. The zero-order valence-corrected chi connectivity index (χ0v) is 14.4. The Balaban J connectivity index is 0.00000208. The first-order valence-corrected chi connectivity index (χ1v) is 8.08. The van der Waals surface area contributed by atoms with E-state index in [1.807, 2.05) is 54.6 Å². The van der Waals surface area contributed by atoms with Gasteiger partial charge in [-0.25, -0.2) is 0 Å². The van der Waals surface area contributed by atoms with Crippen LogP contribution in [0.3, 0.4) is 0 Å². The van der Waals surface area contributed by atoms with Crippen LogP contribution >= 0.6 is 12.4 Å². The monoisotopic (exact) mass is 346 g/mol. The quantitative estimate of drug-likeness (QED) is 0.845. The number of halogens is 1. The number of rotatable bonds is 6. The fraction of sp³-hybridized carbons (Fsp3) is 0.316. The molecule has 0 spiro atoms. The van der Waals surface area contributed by atoms with Crippen molar-refractivity contribution < 1.29 is 9.53 Å². The van der Waals surface area contributed by atoms with Gasteiger partial charge in [-0.1, -0.05) is 42.5 Å².